The molecule has 14 nitrogen and oxygen atoms in total. The van der Waals surface area contributed by atoms with Gasteiger partial charge < -0.3 is 15.0 Å². The predicted molar refractivity (Wildman–Crippen MR) is 148 cm³/mol. The van der Waals surface area contributed by atoms with Crippen LogP contribution in [0.15, 0.2) is 52.7 Å². The topological polar surface area (TPSA) is 170 Å². The van der Waals surface area contributed by atoms with Gasteiger partial charge in [0, 0.05) is 49.2 Å². The molecular weight excluding hydrogens is 526 g/mol. The number of anilines is 2. The van der Waals surface area contributed by atoms with Crippen LogP contribution < -0.4 is 22.0 Å². The second-order valence-corrected chi connectivity index (χ2v) is 10.6. The molecule has 1 amide bonds. The first kappa shape index (κ1) is 24.9. The Morgan fingerprint density at radius 3 is 2.68 bits per heavy atom. The molecule has 2 aliphatic rings. The van der Waals surface area contributed by atoms with Gasteiger partial charge >= 0.3 is 11.4 Å². The van der Waals surface area contributed by atoms with E-state index in [1.54, 1.807) is 12.3 Å². The summed E-state index contributed by atoms with van der Waals surface area (Å²) in [5, 5.41) is 8.70. The van der Waals surface area contributed by atoms with Gasteiger partial charge in [-0.1, -0.05) is 0 Å². The molecule has 5 aromatic rings. The third-order valence-electron chi connectivity index (χ3n) is 7.52. The first-order chi connectivity index (χ1) is 19.8. The Hall–Kier alpha value is -5.14. The Balaban J connectivity index is 1.07. The van der Waals surface area contributed by atoms with Crippen molar-refractivity contribution in [2.24, 2.45) is 13.0 Å². The average molecular weight is 554 g/mol. The molecule has 14 heteroatoms. The van der Waals surface area contributed by atoms with Gasteiger partial charge in [-0.05, 0) is 49.8 Å². The van der Waals surface area contributed by atoms with Gasteiger partial charge in [-0.15, -0.1) is 0 Å². The lowest BCUT2D eigenvalue weighted by Gasteiger charge is -2.07. The van der Waals surface area contributed by atoms with E-state index in [1.807, 2.05) is 35.9 Å². The summed E-state index contributed by atoms with van der Waals surface area (Å²) in [5.74, 6) is 1.73. The second-order valence-electron chi connectivity index (χ2n) is 10.6. The molecule has 2 saturated carbocycles. The number of carbonyl (C=O) groups excluding carboxylic acids is 1. The summed E-state index contributed by atoms with van der Waals surface area (Å²) in [6.07, 6.45) is 9.87. The summed E-state index contributed by atoms with van der Waals surface area (Å²) in [6, 6.07) is 5.42. The maximum atomic E-state index is 12.8. The minimum absolute atomic E-state index is 0.0132. The summed E-state index contributed by atoms with van der Waals surface area (Å²) < 4.78 is 4.15. The van der Waals surface area contributed by atoms with E-state index < -0.39 is 11.4 Å². The van der Waals surface area contributed by atoms with E-state index in [0.717, 1.165) is 28.7 Å². The number of nitrogens with zero attached hydrogens (tertiary/aromatic N) is 8. The van der Waals surface area contributed by atoms with Crippen LogP contribution in [0.5, 0.6) is 0 Å². The zero-order valence-electron chi connectivity index (χ0n) is 22.4. The van der Waals surface area contributed by atoms with Crippen LogP contribution in [0.25, 0.3) is 11.3 Å². The zero-order valence-corrected chi connectivity index (χ0v) is 22.4. The third kappa shape index (κ3) is 4.77. The summed E-state index contributed by atoms with van der Waals surface area (Å²) >= 11 is 0. The number of fused-ring (bicyclic) bond motifs is 1. The molecule has 2 fully saturated rings. The summed E-state index contributed by atoms with van der Waals surface area (Å²) in [4.78, 5) is 59.5. The number of hydrogen-bond acceptors (Lipinski definition) is 9. The van der Waals surface area contributed by atoms with Crippen molar-refractivity contribution in [3.63, 3.8) is 0 Å². The maximum Gasteiger partial charge on any atom is 0.351 e. The fourth-order valence-electron chi connectivity index (χ4n) is 5.00. The van der Waals surface area contributed by atoms with Gasteiger partial charge in [0.15, 0.2) is 5.65 Å². The van der Waals surface area contributed by atoms with Crippen LogP contribution in [-0.4, -0.2) is 49.6 Å². The number of aromatic nitrogens is 9. The smallest absolute Gasteiger partial charge is 0.351 e. The maximum absolute atomic E-state index is 12.8. The first-order valence-electron chi connectivity index (χ1n) is 13.4. The van der Waals surface area contributed by atoms with E-state index >= 15 is 0 Å². The van der Waals surface area contributed by atoms with Crippen molar-refractivity contribution >= 4 is 23.2 Å². The quantitative estimate of drug-likeness (QED) is 0.258. The molecular formula is C27H27N11O3. The van der Waals surface area contributed by atoms with Crippen LogP contribution in [0.2, 0.25) is 0 Å². The number of carbonyl (C=O) groups is 1. The molecule has 0 spiro atoms. The SMILES string of the molecule is Cc1ccnc([C@H]2C[C@@H]2C(=O)Nc2cc(NCc3cn4cc(C5CC5)cc(-n5[nH]c(=O)n(C)c5=O)c4n3)ncn2)n1. The van der Waals surface area contributed by atoms with Gasteiger partial charge in [-0.25, -0.2) is 44.2 Å². The standard InChI is InChI=1S/C27H27N11O3/c1-14-5-6-28-23(32-14)18-8-19(18)25(39)34-22-9-21(30-13-31-22)29-10-17-12-37-11-16(15-3-4-15)7-20(24(37)33-17)38-27(41)36(2)26(40)35-38/h5-7,9,11-13,15,18-19H,3-4,8,10H2,1-2H3,(H,35,40)(H2,29,30,31,34,39)/t18-,19-/m0/s1. The number of hydrogen-bond donors (Lipinski definition) is 3. The molecule has 0 radical (unpaired) electrons. The molecule has 0 saturated heterocycles. The summed E-state index contributed by atoms with van der Waals surface area (Å²) in [6.45, 7) is 2.24. The van der Waals surface area contributed by atoms with E-state index in [-0.39, 0.29) is 17.7 Å². The summed E-state index contributed by atoms with van der Waals surface area (Å²) in [7, 11) is 1.43. The Bertz CT molecular complexity index is 1930. The highest BCUT2D eigenvalue weighted by Crippen LogP contribution is 2.46. The van der Waals surface area contributed by atoms with Crippen molar-refractivity contribution in [1.82, 2.24) is 43.7 Å². The summed E-state index contributed by atoms with van der Waals surface area (Å²) in [5.41, 5.74) is 2.77. The monoisotopic (exact) mass is 553 g/mol. The molecule has 0 unspecified atom stereocenters. The van der Waals surface area contributed by atoms with Gasteiger partial charge in [0.05, 0.1) is 12.2 Å². The molecule has 0 aromatic carbocycles. The Labute approximate surface area is 232 Å². The van der Waals surface area contributed by atoms with Gasteiger partial charge in [-0.3, -0.25) is 4.79 Å². The lowest BCUT2D eigenvalue weighted by Crippen LogP contribution is -2.25. The molecule has 5 aromatic heterocycles. The van der Waals surface area contributed by atoms with Crippen LogP contribution >= 0.6 is 0 Å². The Kier molecular flexibility index (Phi) is 5.76. The van der Waals surface area contributed by atoms with Crippen LogP contribution in [-0.2, 0) is 18.4 Å². The van der Waals surface area contributed by atoms with E-state index in [1.165, 1.54) is 18.1 Å². The molecule has 0 bridgehead atoms. The van der Waals surface area contributed by atoms with E-state index in [2.05, 4.69) is 35.7 Å². The van der Waals surface area contributed by atoms with Crippen LogP contribution in [0.1, 0.15) is 53.9 Å². The highest BCUT2D eigenvalue weighted by Gasteiger charge is 2.46. The highest BCUT2D eigenvalue weighted by atomic mass is 16.2. The van der Waals surface area contributed by atoms with Gasteiger partial charge in [0.25, 0.3) is 0 Å². The molecule has 0 aliphatic heterocycles. The normalized spacial score (nSPS) is 18.0. The number of amides is 1. The van der Waals surface area contributed by atoms with E-state index in [4.69, 9.17) is 4.98 Å². The first-order valence-corrected chi connectivity index (χ1v) is 13.4. The van der Waals surface area contributed by atoms with Crippen molar-refractivity contribution in [3.8, 4) is 5.69 Å². The molecule has 208 valence electrons. The molecule has 41 heavy (non-hydrogen) atoms. The largest absolute Gasteiger partial charge is 0.364 e. The number of pyridine rings is 1. The van der Waals surface area contributed by atoms with Crippen LogP contribution in [0, 0.1) is 12.8 Å². The lowest BCUT2D eigenvalue weighted by atomic mass is 10.2. The minimum Gasteiger partial charge on any atom is -0.364 e. The number of imidazole rings is 1. The second kappa shape index (κ2) is 9.50. The number of H-pyrrole nitrogens is 1. The zero-order chi connectivity index (χ0) is 28.2. The number of aryl methyl sites for hydroxylation is 1. The number of nitrogens with one attached hydrogen (secondary N) is 3. The number of aromatic amines is 1. The van der Waals surface area contributed by atoms with Crippen LogP contribution in [0.3, 0.4) is 0 Å². The van der Waals surface area contributed by atoms with E-state index in [9.17, 15) is 14.4 Å². The van der Waals surface area contributed by atoms with Gasteiger partial charge in [-0.2, -0.15) is 4.68 Å². The predicted octanol–water partition coefficient (Wildman–Crippen LogP) is 1.63. The van der Waals surface area contributed by atoms with E-state index in [0.29, 0.717) is 53.4 Å². The van der Waals surface area contributed by atoms with Gasteiger partial charge in [0.2, 0.25) is 5.91 Å². The minimum atomic E-state index is -0.495. The number of rotatable bonds is 8. The molecule has 3 N–H and O–H groups in total. The highest BCUT2D eigenvalue weighted by molar-refractivity contribution is 5.94. The van der Waals surface area contributed by atoms with Crippen molar-refractivity contribution in [2.75, 3.05) is 10.6 Å². The molecule has 2 atom stereocenters. The average Bonchev–Trinajstić information content (AvgIpc) is 3.89. The Morgan fingerprint density at radius 1 is 1.10 bits per heavy atom. The van der Waals surface area contributed by atoms with Crippen molar-refractivity contribution in [3.05, 3.63) is 86.9 Å². The molecule has 2 aliphatic carbocycles. The van der Waals surface area contributed by atoms with Crippen LogP contribution in [0.4, 0.5) is 11.6 Å². The van der Waals surface area contributed by atoms with Crippen molar-refractivity contribution in [2.45, 2.75) is 44.6 Å². The fraction of sp³-hybridized carbons (Fsp3) is 0.333. The lowest BCUT2D eigenvalue weighted by molar-refractivity contribution is -0.117. The van der Waals surface area contributed by atoms with Gasteiger partial charge in [0.1, 0.15) is 29.5 Å². The van der Waals surface area contributed by atoms with Crippen molar-refractivity contribution < 1.29 is 4.79 Å². The fourth-order valence-corrected chi connectivity index (χ4v) is 5.00. The molecule has 5 heterocycles. The molecule has 7 rings (SSSR count). The third-order valence-corrected chi connectivity index (χ3v) is 7.52. The Morgan fingerprint density at radius 2 is 1.93 bits per heavy atom. The van der Waals surface area contributed by atoms with Crippen molar-refractivity contribution in [1.29, 1.82) is 0 Å².